The number of nitrogen functional groups attached to an aromatic ring is 1. The van der Waals surface area contributed by atoms with Crippen LogP contribution in [-0.2, 0) is 0 Å². The van der Waals surface area contributed by atoms with Crippen LogP contribution in [0.2, 0.25) is 0 Å². The van der Waals surface area contributed by atoms with Crippen LogP contribution < -0.4 is 5.73 Å². The molecule has 0 saturated carbocycles. The number of benzene rings is 1. The average Bonchev–Trinajstić information content (AvgIpc) is 3.04. The molecule has 0 saturated heterocycles. The van der Waals surface area contributed by atoms with E-state index in [4.69, 9.17) is 5.73 Å². The summed E-state index contributed by atoms with van der Waals surface area (Å²) >= 11 is 4.31. The summed E-state index contributed by atoms with van der Waals surface area (Å²) in [6.45, 7) is 0. The van der Waals surface area contributed by atoms with Crippen LogP contribution in [0.15, 0.2) is 59.9 Å². The summed E-state index contributed by atoms with van der Waals surface area (Å²) in [6, 6.07) is 13.6. The number of pyridine rings is 1. The summed E-state index contributed by atoms with van der Waals surface area (Å²) in [5.41, 5.74) is 10.2. The highest BCUT2D eigenvalue weighted by atomic mass is 32.1. The Hall–Kier alpha value is -2.93. The highest BCUT2D eigenvalue weighted by molar-refractivity contribution is 7.80. The molecule has 0 amide bonds. The van der Waals surface area contributed by atoms with Gasteiger partial charge < -0.3 is 5.73 Å². The van der Waals surface area contributed by atoms with Crippen LogP contribution in [0.5, 0.6) is 0 Å². The largest absolute Gasteiger partial charge is 0.383 e. The Morgan fingerprint density at radius 3 is 2.65 bits per heavy atom. The third-order valence-electron chi connectivity index (χ3n) is 3.56. The SMILES string of the molecule is Nc1ncc(-c2ccc(S)cc2)cc1-c1ccc2nncn2n1. The predicted octanol–water partition coefficient (Wildman–Crippen LogP) is 2.72. The van der Waals surface area contributed by atoms with Crippen LogP contribution in [0.4, 0.5) is 5.82 Å². The zero-order valence-electron chi connectivity index (χ0n) is 12.0. The molecular formula is C16H12N6S. The van der Waals surface area contributed by atoms with Crippen LogP contribution in [0.3, 0.4) is 0 Å². The van der Waals surface area contributed by atoms with Crippen LogP contribution in [0.25, 0.3) is 28.0 Å². The number of thiol groups is 1. The fourth-order valence-corrected chi connectivity index (χ4v) is 2.51. The first-order chi connectivity index (χ1) is 11.2. The minimum atomic E-state index is 0.430. The molecule has 0 bridgehead atoms. The molecule has 0 fully saturated rings. The maximum atomic E-state index is 6.04. The van der Waals surface area contributed by atoms with Crippen molar-refractivity contribution in [1.82, 2.24) is 24.8 Å². The summed E-state index contributed by atoms with van der Waals surface area (Å²) in [4.78, 5) is 5.21. The van der Waals surface area contributed by atoms with Crippen molar-refractivity contribution in [2.45, 2.75) is 4.90 Å². The molecule has 0 aliphatic rings. The first-order valence-electron chi connectivity index (χ1n) is 6.93. The van der Waals surface area contributed by atoms with Gasteiger partial charge in [0.05, 0.1) is 5.69 Å². The monoisotopic (exact) mass is 320 g/mol. The van der Waals surface area contributed by atoms with E-state index in [9.17, 15) is 0 Å². The van der Waals surface area contributed by atoms with Gasteiger partial charge in [-0.1, -0.05) is 12.1 Å². The smallest absolute Gasteiger partial charge is 0.177 e. The summed E-state index contributed by atoms with van der Waals surface area (Å²) in [6.07, 6.45) is 3.31. The van der Waals surface area contributed by atoms with Crippen molar-refractivity contribution in [3.05, 3.63) is 55.0 Å². The zero-order chi connectivity index (χ0) is 15.8. The number of nitrogens with zero attached hydrogens (tertiary/aromatic N) is 5. The number of aromatic nitrogens is 5. The molecule has 0 aliphatic heterocycles. The van der Waals surface area contributed by atoms with Gasteiger partial charge in [0.2, 0.25) is 0 Å². The molecule has 7 heteroatoms. The van der Waals surface area contributed by atoms with Crippen LogP contribution in [0, 0.1) is 0 Å². The molecule has 4 aromatic rings. The van der Waals surface area contributed by atoms with Crippen LogP contribution >= 0.6 is 12.6 Å². The molecule has 3 heterocycles. The van der Waals surface area contributed by atoms with Gasteiger partial charge in [0.25, 0.3) is 0 Å². The zero-order valence-corrected chi connectivity index (χ0v) is 12.9. The maximum Gasteiger partial charge on any atom is 0.177 e. The van der Waals surface area contributed by atoms with E-state index in [0.29, 0.717) is 11.5 Å². The minimum absolute atomic E-state index is 0.430. The lowest BCUT2D eigenvalue weighted by atomic mass is 10.0. The molecule has 0 aliphatic carbocycles. The topological polar surface area (TPSA) is 82.0 Å². The van der Waals surface area contributed by atoms with Gasteiger partial charge in [0.1, 0.15) is 12.1 Å². The van der Waals surface area contributed by atoms with Gasteiger partial charge in [0, 0.05) is 22.2 Å². The lowest BCUT2D eigenvalue weighted by Gasteiger charge is -2.08. The fourth-order valence-electron chi connectivity index (χ4n) is 2.36. The van der Waals surface area contributed by atoms with E-state index >= 15 is 0 Å². The van der Waals surface area contributed by atoms with Crippen molar-refractivity contribution in [3.63, 3.8) is 0 Å². The highest BCUT2D eigenvalue weighted by Crippen LogP contribution is 2.28. The molecule has 3 aromatic heterocycles. The first kappa shape index (κ1) is 13.7. The van der Waals surface area contributed by atoms with E-state index < -0.39 is 0 Å². The molecule has 0 atom stereocenters. The molecule has 4 rings (SSSR count). The Morgan fingerprint density at radius 1 is 1.00 bits per heavy atom. The normalized spacial score (nSPS) is 11.0. The molecule has 23 heavy (non-hydrogen) atoms. The van der Waals surface area contributed by atoms with Crippen molar-refractivity contribution < 1.29 is 0 Å². The van der Waals surface area contributed by atoms with E-state index in [0.717, 1.165) is 27.3 Å². The third kappa shape index (κ3) is 2.51. The lowest BCUT2D eigenvalue weighted by molar-refractivity contribution is 0.932. The second-order valence-electron chi connectivity index (χ2n) is 5.06. The molecule has 1 aromatic carbocycles. The van der Waals surface area contributed by atoms with Gasteiger partial charge in [-0.05, 0) is 35.9 Å². The second kappa shape index (κ2) is 5.36. The summed E-state index contributed by atoms with van der Waals surface area (Å²) in [5, 5.41) is 12.2. The quantitative estimate of drug-likeness (QED) is 0.555. The van der Waals surface area contributed by atoms with Crippen molar-refractivity contribution >= 4 is 24.1 Å². The van der Waals surface area contributed by atoms with E-state index in [2.05, 4.69) is 32.9 Å². The van der Waals surface area contributed by atoms with Gasteiger partial charge >= 0.3 is 0 Å². The number of hydrogen-bond donors (Lipinski definition) is 2. The van der Waals surface area contributed by atoms with E-state index in [1.165, 1.54) is 0 Å². The fraction of sp³-hybridized carbons (Fsp3) is 0. The Balaban J connectivity index is 1.84. The van der Waals surface area contributed by atoms with E-state index in [-0.39, 0.29) is 0 Å². The number of rotatable bonds is 2. The minimum Gasteiger partial charge on any atom is -0.383 e. The molecule has 112 valence electrons. The van der Waals surface area contributed by atoms with Crippen LogP contribution in [-0.4, -0.2) is 24.8 Å². The summed E-state index contributed by atoms with van der Waals surface area (Å²) in [7, 11) is 0. The van der Waals surface area contributed by atoms with Crippen LogP contribution in [0.1, 0.15) is 0 Å². The van der Waals surface area contributed by atoms with Crippen molar-refractivity contribution in [1.29, 1.82) is 0 Å². The highest BCUT2D eigenvalue weighted by Gasteiger charge is 2.10. The first-order valence-corrected chi connectivity index (χ1v) is 7.38. The van der Waals surface area contributed by atoms with E-state index in [1.54, 1.807) is 17.0 Å². The lowest BCUT2D eigenvalue weighted by Crippen LogP contribution is -1.99. The van der Waals surface area contributed by atoms with Gasteiger partial charge in [-0.2, -0.15) is 9.61 Å². The standard InChI is InChI=1S/C16H12N6S/c17-16-13(14-5-6-15-20-19-9-22(15)21-14)7-11(8-18-16)10-1-3-12(23)4-2-10/h1-9,23H,(H2,17,18). The molecule has 0 unspecified atom stereocenters. The second-order valence-corrected chi connectivity index (χ2v) is 5.57. The average molecular weight is 320 g/mol. The molecule has 0 spiro atoms. The number of fused-ring (bicyclic) bond motifs is 1. The van der Waals surface area contributed by atoms with Gasteiger partial charge in [0.15, 0.2) is 5.65 Å². The van der Waals surface area contributed by atoms with Gasteiger partial charge in [-0.3, -0.25) is 0 Å². The number of hydrogen-bond acceptors (Lipinski definition) is 6. The number of anilines is 1. The molecule has 6 nitrogen and oxygen atoms in total. The Kier molecular flexibility index (Phi) is 3.20. The Bertz CT molecular complexity index is 993. The summed E-state index contributed by atoms with van der Waals surface area (Å²) in [5.74, 6) is 0.430. The maximum absolute atomic E-state index is 6.04. The number of nitrogens with two attached hydrogens (primary N) is 1. The Labute approximate surface area is 137 Å². The summed E-state index contributed by atoms with van der Waals surface area (Å²) < 4.78 is 1.61. The van der Waals surface area contributed by atoms with E-state index in [1.807, 2.05) is 42.5 Å². The molecule has 2 N–H and O–H groups in total. The van der Waals surface area contributed by atoms with Gasteiger partial charge in [-0.25, -0.2) is 4.98 Å². The molecule has 0 radical (unpaired) electrons. The third-order valence-corrected chi connectivity index (χ3v) is 3.85. The molecular weight excluding hydrogens is 308 g/mol. The van der Waals surface area contributed by atoms with Crippen molar-refractivity contribution in [3.8, 4) is 22.4 Å². The van der Waals surface area contributed by atoms with Crippen molar-refractivity contribution in [2.75, 3.05) is 5.73 Å². The van der Waals surface area contributed by atoms with Gasteiger partial charge in [-0.15, -0.1) is 22.8 Å². The Morgan fingerprint density at radius 2 is 1.83 bits per heavy atom. The van der Waals surface area contributed by atoms with Crippen molar-refractivity contribution in [2.24, 2.45) is 0 Å². The predicted molar refractivity (Wildman–Crippen MR) is 91.1 cm³/mol.